The average Bonchev–Trinajstić information content (AvgIpc) is 2.76. The Kier molecular flexibility index (Phi) is 6.79. The van der Waals surface area contributed by atoms with E-state index in [9.17, 15) is 14.4 Å². The van der Waals surface area contributed by atoms with Crippen molar-refractivity contribution in [2.75, 3.05) is 46.6 Å². The van der Waals surface area contributed by atoms with E-state index in [2.05, 4.69) is 0 Å². The number of methoxy groups -OCH3 is 1. The number of fused-ring (bicyclic) bond motifs is 1. The van der Waals surface area contributed by atoms with Gasteiger partial charge in [0.15, 0.2) is 18.1 Å². The summed E-state index contributed by atoms with van der Waals surface area (Å²) >= 11 is 0. The van der Waals surface area contributed by atoms with E-state index in [0.717, 1.165) is 0 Å². The van der Waals surface area contributed by atoms with E-state index >= 15 is 0 Å². The van der Waals surface area contributed by atoms with Gasteiger partial charge >= 0.3 is 11.9 Å². The van der Waals surface area contributed by atoms with Gasteiger partial charge in [-0.05, 0) is 31.9 Å². The lowest BCUT2D eigenvalue weighted by molar-refractivity contribution is -0.151. The van der Waals surface area contributed by atoms with Gasteiger partial charge in [-0.1, -0.05) is 0 Å². The second-order valence-electron chi connectivity index (χ2n) is 6.69. The van der Waals surface area contributed by atoms with Gasteiger partial charge in [0.05, 0.1) is 25.2 Å². The van der Waals surface area contributed by atoms with E-state index in [4.69, 9.17) is 23.7 Å². The Bertz CT molecular complexity index is 753. The maximum absolute atomic E-state index is 12.4. The quantitative estimate of drug-likeness (QED) is 0.653. The summed E-state index contributed by atoms with van der Waals surface area (Å²) in [5.74, 6) is -0.169. The SMILES string of the molecule is CCOC(=O)C1CCN(C(=O)COC(=O)c2cc(OC)c3c(c2)OCCO3)CC1. The van der Waals surface area contributed by atoms with E-state index in [-0.39, 0.29) is 30.0 Å². The van der Waals surface area contributed by atoms with Crippen LogP contribution in [0.3, 0.4) is 0 Å². The van der Waals surface area contributed by atoms with E-state index in [0.29, 0.717) is 63.0 Å². The van der Waals surface area contributed by atoms with Gasteiger partial charge in [0, 0.05) is 13.1 Å². The van der Waals surface area contributed by atoms with Crippen molar-refractivity contribution >= 4 is 17.8 Å². The molecule has 2 aliphatic heterocycles. The summed E-state index contributed by atoms with van der Waals surface area (Å²) in [5, 5.41) is 0. The Hall–Kier alpha value is -2.97. The van der Waals surface area contributed by atoms with Crippen LogP contribution in [-0.4, -0.2) is 69.4 Å². The molecule has 0 radical (unpaired) electrons. The summed E-state index contributed by atoms with van der Waals surface area (Å²) in [6, 6.07) is 3.00. The summed E-state index contributed by atoms with van der Waals surface area (Å²) < 4.78 is 26.4. The third kappa shape index (κ3) is 4.90. The van der Waals surface area contributed by atoms with Crippen molar-refractivity contribution in [3.05, 3.63) is 17.7 Å². The zero-order valence-corrected chi connectivity index (χ0v) is 16.6. The smallest absolute Gasteiger partial charge is 0.338 e. The van der Waals surface area contributed by atoms with Crippen LogP contribution in [0.25, 0.3) is 0 Å². The molecule has 29 heavy (non-hydrogen) atoms. The number of piperidine rings is 1. The van der Waals surface area contributed by atoms with Gasteiger partial charge < -0.3 is 28.6 Å². The Morgan fingerprint density at radius 3 is 2.52 bits per heavy atom. The molecule has 2 heterocycles. The Morgan fingerprint density at radius 1 is 1.10 bits per heavy atom. The number of esters is 2. The molecule has 1 aromatic carbocycles. The van der Waals surface area contributed by atoms with E-state index in [1.807, 2.05) is 0 Å². The standard InChI is InChI=1S/C20H25NO8/c1-3-26-19(23)13-4-6-21(7-5-13)17(22)12-29-20(24)14-10-15(25-2)18-16(11-14)27-8-9-28-18/h10-11,13H,3-9,12H2,1-2H3. The first kappa shape index (κ1) is 20.8. The molecule has 0 N–H and O–H groups in total. The highest BCUT2D eigenvalue weighted by atomic mass is 16.6. The van der Waals surface area contributed by atoms with Gasteiger partial charge in [0.25, 0.3) is 5.91 Å². The van der Waals surface area contributed by atoms with Crippen LogP contribution in [0.5, 0.6) is 17.2 Å². The molecule has 9 heteroatoms. The first-order chi connectivity index (χ1) is 14.0. The Morgan fingerprint density at radius 2 is 1.83 bits per heavy atom. The van der Waals surface area contributed by atoms with Crippen molar-refractivity contribution in [3.63, 3.8) is 0 Å². The van der Waals surface area contributed by atoms with Crippen LogP contribution in [0.4, 0.5) is 0 Å². The van der Waals surface area contributed by atoms with Gasteiger partial charge in [-0.2, -0.15) is 0 Å². The molecule has 0 bridgehead atoms. The van der Waals surface area contributed by atoms with Crippen molar-refractivity contribution in [1.82, 2.24) is 4.90 Å². The van der Waals surface area contributed by atoms with E-state index < -0.39 is 5.97 Å². The van der Waals surface area contributed by atoms with Crippen LogP contribution in [0.15, 0.2) is 12.1 Å². The third-order valence-corrected chi connectivity index (χ3v) is 4.86. The van der Waals surface area contributed by atoms with E-state index in [1.165, 1.54) is 19.2 Å². The Balaban J connectivity index is 1.53. The molecular weight excluding hydrogens is 382 g/mol. The minimum Gasteiger partial charge on any atom is -0.493 e. The first-order valence-corrected chi connectivity index (χ1v) is 9.62. The number of ether oxygens (including phenoxy) is 5. The highest BCUT2D eigenvalue weighted by molar-refractivity contribution is 5.93. The molecule has 1 amide bonds. The van der Waals surface area contributed by atoms with Crippen molar-refractivity contribution in [1.29, 1.82) is 0 Å². The molecule has 0 aliphatic carbocycles. The molecular formula is C20H25NO8. The highest BCUT2D eigenvalue weighted by Crippen LogP contribution is 2.40. The molecule has 2 aliphatic rings. The van der Waals surface area contributed by atoms with Gasteiger partial charge in [0.2, 0.25) is 5.75 Å². The van der Waals surface area contributed by atoms with Crippen LogP contribution in [0, 0.1) is 5.92 Å². The highest BCUT2D eigenvalue weighted by Gasteiger charge is 2.29. The molecule has 9 nitrogen and oxygen atoms in total. The van der Waals surface area contributed by atoms with Crippen molar-refractivity contribution in [2.45, 2.75) is 19.8 Å². The third-order valence-electron chi connectivity index (χ3n) is 4.86. The topological polar surface area (TPSA) is 101 Å². The molecule has 1 aromatic rings. The number of benzene rings is 1. The summed E-state index contributed by atoms with van der Waals surface area (Å²) in [6.07, 6.45) is 1.08. The molecule has 1 saturated heterocycles. The molecule has 0 atom stereocenters. The largest absolute Gasteiger partial charge is 0.493 e. The molecule has 0 aromatic heterocycles. The number of amides is 1. The first-order valence-electron chi connectivity index (χ1n) is 9.62. The Labute approximate surface area is 168 Å². The summed E-state index contributed by atoms with van der Waals surface area (Å²) in [7, 11) is 1.46. The predicted molar refractivity (Wildman–Crippen MR) is 100 cm³/mol. The fourth-order valence-electron chi connectivity index (χ4n) is 3.32. The lowest BCUT2D eigenvalue weighted by Gasteiger charge is -2.30. The van der Waals surface area contributed by atoms with Crippen LogP contribution >= 0.6 is 0 Å². The van der Waals surface area contributed by atoms with Gasteiger partial charge in [-0.25, -0.2) is 4.79 Å². The molecule has 158 valence electrons. The zero-order valence-electron chi connectivity index (χ0n) is 16.6. The predicted octanol–water partition coefficient (Wildman–Crippen LogP) is 1.42. The second-order valence-corrected chi connectivity index (χ2v) is 6.69. The maximum atomic E-state index is 12.4. The number of hydrogen-bond acceptors (Lipinski definition) is 8. The van der Waals surface area contributed by atoms with E-state index in [1.54, 1.807) is 11.8 Å². The normalized spacial score (nSPS) is 16.1. The molecule has 0 spiro atoms. The summed E-state index contributed by atoms with van der Waals surface area (Å²) in [6.45, 7) is 3.36. The molecule has 0 unspecified atom stereocenters. The second kappa shape index (κ2) is 9.49. The van der Waals surface area contributed by atoms with Crippen molar-refractivity contribution in [3.8, 4) is 17.2 Å². The number of hydrogen-bond donors (Lipinski definition) is 0. The molecule has 0 saturated carbocycles. The number of rotatable bonds is 6. The minimum atomic E-state index is -0.657. The van der Waals surface area contributed by atoms with Crippen LogP contribution in [0.2, 0.25) is 0 Å². The van der Waals surface area contributed by atoms with Crippen LogP contribution in [0.1, 0.15) is 30.1 Å². The summed E-state index contributed by atoms with van der Waals surface area (Å²) in [4.78, 5) is 38.1. The van der Waals surface area contributed by atoms with Crippen LogP contribution < -0.4 is 14.2 Å². The molecule has 1 fully saturated rings. The van der Waals surface area contributed by atoms with Gasteiger partial charge in [-0.3, -0.25) is 9.59 Å². The minimum absolute atomic E-state index is 0.188. The number of carbonyl (C=O) groups excluding carboxylic acids is 3. The van der Waals surface area contributed by atoms with Crippen LogP contribution in [-0.2, 0) is 19.1 Å². The van der Waals surface area contributed by atoms with Gasteiger partial charge in [0.1, 0.15) is 13.2 Å². The fourth-order valence-corrected chi connectivity index (χ4v) is 3.32. The number of likely N-dealkylation sites (tertiary alicyclic amines) is 1. The molecule has 3 rings (SSSR count). The number of nitrogens with zero attached hydrogens (tertiary/aromatic N) is 1. The van der Waals surface area contributed by atoms with Crippen molar-refractivity contribution < 1.29 is 38.1 Å². The van der Waals surface area contributed by atoms with Gasteiger partial charge in [-0.15, -0.1) is 0 Å². The lowest BCUT2D eigenvalue weighted by Crippen LogP contribution is -2.42. The van der Waals surface area contributed by atoms with Crippen molar-refractivity contribution in [2.24, 2.45) is 5.92 Å². The lowest BCUT2D eigenvalue weighted by atomic mass is 9.97. The number of carbonyl (C=O) groups is 3. The maximum Gasteiger partial charge on any atom is 0.338 e. The fraction of sp³-hybridized carbons (Fsp3) is 0.550. The zero-order chi connectivity index (χ0) is 20.8. The summed E-state index contributed by atoms with van der Waals surface area (Å²) in [5.41, 5.74) is 0.208. The monoisotopic (exact) mass is 407 g/mol. The average molecular weight is 407 g/mol.